The average Bonchev–Trinajstić information content (AvgIpc) is 2.69. The first-order valence-electron chi connectivity index (χ1n) is 9.18. The van der Waals surface area contributed by atoms with Crippen LogP contribution in [-0.4, -0.2) is 43.7 Å². The maximum absolute atomic E-state index is 12.9. The van der Waals surface area contributed by atoms with Crippen molar-refractivity contribution >= 4 is 5.91 Å². The monoisotopic (exact) mass is 392 g/mol. The van der Waals surface area contributed by atoms with E-state index in [-0.39, 0.29) is 11.6 Å². The lowest BCUT2D eigenvalue weighted by Gasteiger charge is -2.35. The molecular weight excluding hydrogens is 369 g/mol. The van der Waals surface area contributed by atoms with E-state index < -0.39 is 17.6 Å². The number of ether oxygens (including phenoxy) is 1. The van der Waals surface area contributed by atoms with E-state index in [0.29, 0.717) is 19.8 Å². The number of hydrogen-bond donors (Lipinski definition) is 1. The van der Waals surface area contributed by atoms with Gasteiger partial charge in [0.2, 0.25) is 0 Å². The Morgan fingerprint density at radius 3 is 2.46 bits per heavy atom. The molecule has 4 nitrogen and oxygen atoms in total. The molecule has 0 bridgehead atoms. The molecular formula is C21H23F3N2O2. The molecule has 0 spiro atoms. The molecule has 7 heteroatoms. The number of nitrogens with one attached hydrogen (secondary N) is 1. The van der Waals surface area contributed by atoms with Crippen LogP contribution in [0, 0.1) is 6.92 Å². The number of morpholine rings is 1. The summed E-state index contributed by atoms with van der Waals surface area (Å²) in [5.41, 5.74) is 1.36. The van der Waals surface area contributed by atoms with E-state index >= 15 is 0 Å². The molecule has 2 aromatic carbocycles. The van der Waals surface area contributed by atoms with Crippen LogP contribution in [0.15, 0.2) is 48.5 Å². The second kappa shape index (κ2) is 8.75. The molecule has 1 atom stereocenters. The fourth-order valence-electron chi connectivity index (χ4n) is 3.26. The highest BCUT2D eigenvalue weighted by molar-refractivity contribution is 5.94. The minimum atomic E-state index is -4.48. The van der Waals surface area contributed by atoms with Gasteiger partial charge in [0.15, 0.2) is 0 Å². The molecule has 0 unspecified atom stereocenters. The molecule has 1 saturated heterocycles. The second-order valence-electron chi connectivity index (χ2n) is 6.86. The Labute approximate surface area is 162 Å². The molecule has 150 valence electrons. The van der Waals surface area contributed by atoms with E-state index in [9.17, 15) is 18.0 Å². The summed E-state index contributed by atoms with van der Waals surface area (Å²) in [7, 11) is 0. The molecule has 2 aromatic rings. The first-order valence-corrected chi connectivity index (χ1v) is 9.18. The fraction of sp³-hybridized carbons (Fsp3) is 0.381. The van der Waals surface area contributed by atoms with Gasteiger partial charge in [0, 0.05) is 25.2 Å². The maximum Gasteiger partial charge on any atom is 0.416 e. The largest absolute Gasteiger partial charge is 0.416 e. The summed E-state index contributed by atoms with van der Waals surface area (Å²) in [6, 6.07) is 12.5. The van der Waals surface area contributed by atoms with Crippen molar-refractivity contribution in [3.63, 3.8) is 0 Å². The Balaban J connectivity index is 1.74. The third-order valence-electron chi connectivity index (χ3n) is 4.86. The number of nitrogens with zero attached hydrogens (tertiary/aromatic N) is 1. The van der Waals surface area contributed by atoms with Crippen LogP contribution in [0.4, 0.5) is 13.2 Å². The SMILES string of the molecule is Cc1ccc([C@@H](CNC(=O)c2cccc(C(F)(F)F)c2)N2CCOCC2)cc1. The molecule has 28 heavy (non-hydrogen) atoms. The fourth-order valence-corrected chi connectivity index (χ4v) is 3.26. The van der Waals surface area contributed by atoms with Gasteiger partial charge in [0.1, 0.15) is 0 Å². The van der Waals surface area contributed by atoms with E-state index in [2.05, 4.69) is 10.2 Å². The van der Waals surface area contributed by atoms with Crippen molar-refractivity contribution in [2.75, 3.05) is 32.8 Å². The Bertz CT molecular complexity index is 800. The van der Waals surface area contributed by atoms with Gasteiger partial charge in [-0.1, -0.05) is 35.9 Å². The third kappa shape index (κ3) is 5.11. The highest BCUT2D eigenvalue weighted by Crippen LogP contribution is 2.29. The first-order chi connectivity index (χ1) is 13.3. The van der Waals surface area contributed by atoms with Crippen LogP contribution >= 0.6 is 0 Å². The van der Waals surface area contributed by atoms with Gasteiger partial charge in [-0.05, 0) is 30.7 Å². The highest BCUT2D eigenvalue weighted by atomic mass is 19.4. The molecule has 1 fully saturated rings. The van der Waals surface area contributed by atoms with Crippen molar-refractivity contribution in [1.82, 2.24) is 10.2 Å². The number of amides is 1. The van der Waals surface area contributed by atoms with Gasteiger partial charge >= 0.3 is 6.18 Å². The number of aryl methyl sites for hydroxylation is 1. The van der Waals surface area contributed by atoms with Gasteiger partial charge in [-0.3, -0.25) is 9.69 Å². The summed E-state index contributed by atoms with van der Waals surface area (Å²) in [6.45, 7) is 5.00. The topological polar surface area (TPSA) is 41.6 Å². The second-order valence-corrected chi connectivity index (χ2v) is 6.86. The van der Waals surface area contributed by atoms with Gasteiger partial charge in [-0.15, -0.1) is 0 Å². The molecule has 1 heterocycles. The Morgan fingerprint density at radius 1 is 1.14 bits per heavy atom. The lowest BCUT2D eigenvalue weighted by Crippen LogP contribution is -2.43. The van der Waals surface area contributed by atoms with Crippen molar-refractivity contribution in [3.05, 3.63) is 70.8 Å². The van der Waals surface area contributed by atoms with Crippen LogP contribution in [0.25, 0.3) is 0 Å². The third-order valence-corrected chi connectivity index (χ3v) is 4.86. The summed E-state index contributed by atoms with van der Waals surface area (Å²) >= 11 is 0. The van der Waals surface area contributed by atoms with Crippen molar-refractivity contribution in [3.8, 4) is 0 Å². The average molecular weight is 392 g/mol. The van der Waals surface area contributed by atoms with Crippen LogP contribution in [0.1, 0.15) is 33.1 Å². The molecule has 1 aliphatic rings. The van der Waals surface area contributed by atoms with E-state index in [1.165, 1.54) is 12.1 Å². The van der Waals surface area contributed by atoms with Crippen LogP contribution in [0.3, 0.4) is 0 Å². The number of carbonyl (C=O) groups excluding carboxylic acids is 1. The lowest BCUT2D eigenvalue weighted by atomic mass is 10.0. The highest BCUT2D eigenvalue weighted by Gasteiger charge is 2.31. The van der Waals surface area contributed by atoms with Crippen molar-refractivity contribution < 1.29 is 22.7 Å². The standard InChI is InChI=1S/C21H23F3N2O2/c1-15-5-7-16(8-6-15)19(26-9-11-28-12-10-26)14-25-20(27)17-3-2-4-18(13-17)21(22,23)24/h2-8,13,19H,9-12,14H2,1H3,(H,25,27)/t19-/m1/s1. The summed E-state index contributed by atoms with van der Waals surface area (Å²) < 4.78 is 44.1. The van der Waals surface area contributed by atoms with Crippen LogP contribution < -0.4 is 5.32 Å². The zero-order chi connectivity index (χ0) is 20.1. The van der Waals surface area contributed by atoms with Crippen molar-refractivity contribution in [1.29, 1.82) is 0 Å². The zero-order valence-corrected chi connectivity index (χ0v) is 15.6. The molecule has 3 rings (SSSR count). The number of rotatable bonds is 5. The number of benzene rings is 2. The van der Waals surface area contributed by atoms with E-state index in [1.54, 1.807) is 0 Å². The minimum Gasteiger partial charge on any atom is -0.379 e. The van der Waals surface area contributed by atoms with Crippen LogP contribution in [0.5, 0.6) is 0 Å². The van der Waals surface area contributed by atoms with Gasteiger partial charge < -0.3 is 10.1 Å². The molecule has 0 aromatic heterocycles. The Kier molecular flexibility index (Phi) is 6.36. The number of carbonyl (C=O) groups is 1. The van der Waals surface area contributed by atoms with Crippen molar-refractivity contribution in [2.24, 2.45) is 0 Å². The summed E-state index contributed by atoms with van der Waals surface area (Å²) in [5, 5.41) is 2.80. The summed E-state index contributed by atoms with van der Waals surface area (Å²) in [5.74, 6) is -0.517. The summed E-state index contributed by atoms with van der Waals surface area (Å²) in [6.07, 6.45) is -4.48. The van der Waals surface area contributed by atoms with E-state index in [4.69, 9.17) is 4.74 Å². The molecule has 0 aliphatic carbocycles. The number of hydrogen-bond acceptors (Lipinski definition) is 3. The number of alkyl halides is 3. The Hall–Kier alpha value is -2.38. The van der Waals surface area contributed by atoms with E-state index in [1.807, 2.05) is 31.2 Å². The van der Waals surface area contributed by atoms with Gasteiger partial charge in [0.25, 0.3) is 5.91 Å². The van der Waals surface area contributed by atoms with Gasteiger partial charge in [-0.2, -0.15) is 13.2 Å². The first kappa shape index (κ1) is 20.4. The van der Waals surface area contributed by atoms with Crippen molar-refractivity contribution in [2.45, 2.75) is 19.1 Å². The predicted octanol–water partition coefficient (Wildman–Crippen LogP) is 3.82. The Morgan fingerprint density at radius 2 is 1.82 bits per heavy atom. The van der Waals surface area contributed by atoms with Crippen LogP contribution in [-0.2, 0) is 10.9 Å². The quantitative estimate of drug-likeness (QED) is 0.841. The molecule has 1 N–H and O–H groups in total. The maximum atomic E-state index is 12.9. The molecule has 0 saturated carbocycles. The van der Waals surface area contributed by atoms with Gasteiger partial charge in [0.05, 0.1) is 24.8 Å². The van der Waals surface area contributed by atoms with Crippen LogP contribution in [0.2, 0.25) is 0 Å². The molecule has 0 radical (unpaired) electrons. The molecule has 1 aliphatic heterocycles. The predicted molar refractivity (Wildman–Crippen MR) is 100 cm³/mol. The minimum absolute atomic E-state index is 0.000501. The lowest BCUT2D eigenvalue weighted by molar-refractivity contribution is -0.137. The normalized spacial score (nSPS) is 16.6. The summed E-state index contributed by atoms with van der Waals surface area (Å²) in [4.78, 5) is 14.7. The smallest absolute Gasteiger partial charge is 0.379 e. The van der Waals surface area contributed by atoms with E-state index in [0.717, 1.165) is 36.3 Å². The number of halogens is 3. The zero-order valence-electron chi connectivity index (χ0n) is 15.6. The van der Waals surface area contributed by atoms with Gasteiger partial charge in [-0.25, -0.2) is 0 Å². The molecule has 1 amide bonds.